The number of fused-ring (bicyclic) bond motifs is 1. The topological polar surface area (TPSA) is 0 Å². The molecule has 0 N–H and O–H groups in total. The molecule has 0 atom stereocenters. The van der Waals surface area contributed by atoms with Gasteiger partial charge in [-0.05, 0) is 0 Å². The molecule has 0 fully saturated rings. The van der Waals surface area contributed by atoms with Gasteiger partial charge in [-0.1, -0.05) is 26.8 Å². The summed E-state index contributed by atoms with van der Waals surface area (Å²) in [6.45, 7) is 6.60. The van der Waals surface area contributed by atoms with E-state index < -0.39 is 0 Å². The minimum atomic E-state index is 0. The van der Waals surface area contributed by atoms with Crippen molar-refractivity contribution in [3.8, 4) is 0 Å². The summed E-state index contributed by atoms with van der Waals surface area (Å²) in [5.74, 6) is 0. The van der Waals surface area contributed by atoms with Gasteiger partial charge in [-0.3, -0.25) is 0 Å². The van der Waals surface area contributed by atoms with E-state index in [2.05, 4.69) is 45.0 Å². The molecular weight excluding hydrogens is 298 g/mol. The maximum atomic E-state index is 2.20. The second kappa shape index (κ2) is 8.50. The molecule has 0 saturated heterocycles. The fourth-order valence-corrected chi connectivity index (χ4v) is 1.82. The van der Waals surface area contributed by atoms with E-state index in [1.807, 2.05) is 0 Å². The van der Waals surface area contributed by atoms with Crippen LogP contribution in [-0.2, 0) is 21.7 Å². The smallest absolute Gasteiger partial charge is 1.00 e. The average molecular weight is 311 g/mol. The van der Waals surface area contributed by atoms with Crippen molar-refractivity contribution in [1.82, 2.24) is 0 Å². The predicted octanol–water partition coefficient (Wildman–Crippen LogP) is -5.51. The molecule has 0 heterocycles. The van der Waals surface area contributed by atoms with Gasteiger partial charge >= 0.3 is 21.7 Å². The molecule has 0 aliphatic heterocycles. The third-order valence-electron chi connectivity index (χ3n) is 2.86. The molecule has 2 aromatic rings. The van der Waals surface area contributed by atoms with Gasteiger partial charge in [-0.15, -0.1) is 40.1 Å². The first-order valence-corrected chi connectivity index (χ1v) is 4.33. The number of halogens is 3. The molecule has 86 valence electrons. The third-order valence-corrected chi connectivity index (χ3v) is 2.86. The molecule has 16 heavy (non-hydrogen) atoms. The van der Waals surface area contributed by atoms with E-state index >= 15 is 0 Å². The fraction of sp³-hybridized carbons (Fsp3) is 0.250. The summed E-state index contributed by atoms with van der Waals surface area (Å²) in [5.41, 5.74) is 4.31. The summed E-state index contributed by atoms with van der Waals surface area (Å²) >= 11 is 0. The van der Waals surface area contributed by atoms with Crippen molar-refractivity contribution in [3.63, 3.8) is 0 Å². The Balaban J connectivity index is -0.000000422. The Bertz CT molecular complexity index is 396. The van der Waals surface area contributed by atoms with Gasteiger partial charge in [-0.2, -0.15) is 5.56 Å². The molecule has 0 amide bonds. The predicted molar refractivity (Wildman–Crippen MR) is 53.8 cm³/mol. The second-order valence-electron chi connectivity index (χ2n) is 3.42. The van der Waals surface area contributed by atoms with Gasteiger partial charge in [0.05, 0.1) is 0 Å². The van der Waals surface area contributed by atoms with Crippen LogP contribution in [0.5, 0.6) is 0 Å². The number of aryl methyl sites for hydroxylation is 2. The number of hydrogen-bond acceptors (Lipinski definition) is 0. The first kappa shape index (κ1) is 21.7. The number of benzene rings is 1. The van der Waals surface area contributed by atoms with Crippen LogP contribution in [0.4, 0.5) is 0 Å². The van der Waals surface area contributed by atoms with Gasteiger partial charge in [0.1, 0.15) is 0 Å². The quantitative estimate of drug-likeness (QED) is 0.336. The molecule has 0 aliphatic rings. The van der Waals surface area contributed by atoms with Gasteiger partial charge in [0.25, 0.3) is 0 Å². The van der Waals surface area contributed by atoms with E-state index in [9.17, 15) is 0 Å². The second-order valence-corrected chi connectivity index (χ2v) is 3.42. The molecule has 0 radical (unpaired) electrons. The van der Waals surface area contributed by atoms with Crippen molar-refractivity contribution in [1.29, 1.82) is 0 Å². The van der Waals surface area contributed by atoms with Crippen molar-refractivity contribution in [2.45, 2.75) is 20.8 Å². The maximum Gasteiger partial charge on any atom is 4.00 e. The number of rotatable bonds is 0. The van der Waals surface area contributed by atoms with Gasteiger partial charge in [0.2, 0.25) is 0 Å². The molecular formula is C12H13Cl3Ti. The Morgan fingerprint density at radius 3 is 1.94 bits per heavy atom. The Morgan fingerprint density at radius 2 is 1.44 bits per heavy atom. The Hall–Kier alpha value is 0.414. The van der Waals surface area contributed by atoms with Gasteiger partial charge in [0, 0.05) is 0 Å². The molecule has 0 nitrogen and oxygen atoms in total. The van der Waals surface area contributed by atoms with Gasteiger partial charge < -0.3 is 37.2 Å². The van der Waals surface area contributed by atoms with Crippen LogP contribution >= 0.6 is 0 Å². The van der Waals surface area contributed by atoms with E-state index in [1.165, 1.54) is 27.5 Å². The Labute approximate surface area is 131 Å². The summed E-state index contributed by atoms with van der Waals surface area (Å²) in [4.78, 5) is 0. The van der Waals surface area contributed by atoms with E-state index in [1.54, 1.807) is 0 Å². The van der Waals surface area contributed by atoms with Crippen LogP contribution in [0, 0.1) is 20.8 Å². The van der Waals surface area contributed by atoms with Crippen LogP contribution in [0.3, 0.4) is 0 Å². The zero-order valence-corrected chi connectivity index (χ0v) is 13.3. The molecule has 0 spiro atoms. The fourth-order valence-electron chi connectivity index (χ4n) is 1.82. The Kier molecular flexibility index (Phi) is 11.5. The molecule has 0 bridgehead atoms. The van der Waals surface area contributed by atoms with E-state index in [4.69, 9.17) is 0 Å². The van der Waals surface area contributed by atoms with E-state index in [0.29, 0.717) is 0 Å². The molecule has 0 saturated carbocycles. The third kappa shape index (κ3) is 3.45. The van der Waals surface area contributed by atoms with Crippen LogP contribution in [0.1, 0.15) is 16.7 Å². The first-order chi connectivity index (χ1) is 5.72. The zero-order valence-electron chi connectivity index (χ0n) is 9.44. The normalized spacial score (nSPS) is 8.19. The first-order valence-electron chi connectivity index (χ1n) is 4.33. The minimum Gasteiger partial charge on any atom is -1.00 e. The summed E-state index contributed by atoms with van der Waals surface area (Å²) < 4.78 is 0. The van der Waals surface area contributed by atoms with E-state index in [0.717, 1.165) is 0 Å². The largest absolute Gasteiger partial charge is 4.00 e. The summed E-state index contributed by atoms with van der Waals surface area (Å²) in [7, 11) is 0. The average Bonchev–Trinajstić information content (AvgIpc) is 2.33. The zero-order chi connectivity index (χ0) is 8.72. The van der Waals surface area contributed by atoms with Crippen LogP contribution in [0.2, 0.25) is 0 Å². The van der Waals surface area contributed by atoms with Crippen molar-refractivity contribution in [2.24, 2.45) is 0 Å². The maximum absolute atomic E-state index is 2.20. The molecule has 2 rings (SSSR count). The summed E-state index contributed by atoms with van der Waals surface area (Å²) in [6, 6.07) is 8.61. The van der Waals surface area contributed by atoms with Crippen LogP contribution in [0.25, 0.3) is 10.8 Å². The van der Waals surface area contributed by atoms with Gasteiger partial charge in [0.15, 0.2) is 0 Å². The van der Waals surface area contributed by atoms with Gasteiger partial charge in [-0.25, -0.2) is 0 Å². The molecule has 2 aromatic carbocycles. The SMILES string of the molecule is Cc1c(C)[c-](C)c2ccccc12.[Cl-].[Cl-].[Cl-].[Ti+4]. The number of hydrogen-bond donors (Lipinski definition) is 0. The molecule has 4 heteroatoms. The summed E-state index contributed by atoms with van der Waals surface area (Å²) in [6.07, 6.45) is 0. The van der Waals surface area contributed by atoms with Crippen molar-refractivity contribution < 1.29 is 58.9 Å². The van der Waals surface area contributed by atoms with Crippen LogP contribution < -0.4 is 37.2 Å². The van der Waals surface area contributed by atoms with Crippen molar-refractivity contribution >= 4 is 10.8 Å². The molecule has 0 unspecified atom stereocenters. The van der Waals surface area contributed by atoms with Crippen LogP contribution in [0.15, 0.2) is 24.3 Å². The summed E-state index contributed by atoms with van der Waals surface area (Å²) in [5, 5.41) is 2.82. The minimum absolute atomic E-state index is 0. The molecule has 0 aliphatic carbocycles. The van der Waals surface area contributed by atoms with Crippen LogP contribution in [-0.4, -0.2) is 0 Å². The van der Waals surface area contributed by atoms with Crippen molar-refractivity contribution in [2.75, 3.05) is 0 Å². The van der Waals surface area contributed by atoms with Crippen molar-refractivity contribution in [3.05, 3.63) is 41.0 Å². The van der Waals surface area contributed by atoms with E-state index in [-0.39, 0.29) is 58.9 Å². The Morgan fingerprint density at radius 1 is 0.938 bits per heavy atom. The monoisotopic (exact) mass is 310 g/mol. The molecule has 0 aromatic heterocycles. The standard InChI is InChI=1S/C12H13.3ClH.Ti/c1-8-9(2)11-6-4-5-7-12(11)10(8)3;;;;/h4-7H,1-3H3;3*1H;/q-1;;;;+4/p-3.